The van der Waals surface area contributed by atoms with E-state index < -0.39 is 0 Å². The summed E-state index contributed by atoms with van der Waals surface area (Å²) in [5.41, 5.74) is 2.00. The molecule has 0 spiro atoms. The number of allylic oxidation sites excluding steroid dienone is 8. The van der Waals surface area contributed by atoms with Crippen molar-refractivity contribution < 1.29 is 65.7 Å². The van der Waals surface area contributed by atoms with Gasteiger partial charge in [-0.2, -0.15) is 10.4 Å². The molecule has 0 bridgehead atoms. The van der Waals surface area contributed by atoms with Crippen LogP contribution in [0.5, 0.6) is 0 Å². The van der Waals surface area contributed by atoms with Crippen LogP contribution in [0.15, 0.2) is 39.8 Å². The van der Waals surface area contributed by atoms with E-state index in [0.717, 1.165) is 11.1 Å². The van der Waals surface area contributed by atoms with Crippen LogP contribution in [0.2, 0.25) is 0 Å². The first kappa shape index (κ1) is 22.5. The number of fused-ring (bicyclic) bond motifs is 2. The average molecular weight is 408 g/mol. The molecule has 7 heteroatoms. The second-order valence-corrected chi connectivity index (χ2v) is 5.62. The molecule has 2 aliphatic carbocycles. The van der Waals surface area contributed by atoms with Crippen molar-refractivity contribution in [2.75, 3.05) is 13.7 Å². The van der Waals surface area contributed by atoms with Crippen molar-refractivity contribution in [3.05, 3.63) is 52.4 Å². The van der Waals surface area contributed by atoms with E-state index in [-0.39, 0.29) is 72.9 Å². The van der Waals surface area contributed by atoms with Gasteiger partial charge in [0.25, 0.3) is 0 Å². The van der Waals surface area contributed by atoms with Gasteiger partial charge in [0.2, 0.25) is 0 Å². The monoisotopic (exact) mass is 406 g/mol. The number of carbonyl (C=O) groups is 1. The maximum atomic E-state index is 11.3. The van der Waals surface area contributed by atoms with Gasteiger partial charge in [0, 0.05) is 16.1 Å². The quantitative estimate of drug-likeness (QED) is 0.288. The molecule has 1 aliphatic heterocycles. The molecule has 106 valence electrons. The van der Waals surface area contributed by atoms with Gasteiger partial charge in [-0.15, -0.1) is 30.2 Å². The number of ketones is 1. The van der Waals surface area contributed by atoms with Gasteiger partial charge >= 0.3 is 26.2 Å². The first-order valence-corrected chi connectivity index (χ1v) is 6.94. The van der Waals surface area contributed by atoms with Crippen LogP contribution < -0.4 is 24.8 Å². The topological polar surface area (TPSA) is 46.5 Å². The number of rotatable bonds is 3. The minimum atomic E-state index is -0.116. The van der Waals surface area contributed by atoms with Crippen LogP contribution in [0.25, 0.3) is 0 Å². The van der Waals surface area contributed by atoms with Crippen molar-refractivity contribution in [1.82, 2.24) is 0 Å². The molecule has 3 nitrogen and oxygen atoms in total. The summed E-state index contributed by atoms with van der Waals surface area (Å²) in [6.45, 7) is 1.73. The largest absolute Gasteiger partial charge is 4.00 e. The van der Waals surface area contributed by atoms with Crippen LogP contribution in [0.1, 0.15) is 6.42 Å². The molecule has 1 saturated heterocycles. The van der Waals surface area contributed by atoms with Gasteiger partial charge in [-0.3, -0.25) is 0 Å². The van der Waals surface area contributed by atoms with Crippen LogP contribution in [0.3, 0.4) is 0 Å². The predicted octanol–water partition coefficient (Wildman–Crippen LogP) is -5.63. The Labute approximate surface area is 153 Å². The fourth-order valence-electron chi connectivity index (χ4n) is 1.77. The maximum Gasteiger partial charge on any atom is 4.00 e. The molecule has 0 aromatic carbocycles. The Kier molecular flexibility index (Phi) is 12.3. The maximum absolute atomic E-state index is 11.3. The Morgan fingerprint density at radius 3 is 2.65 bits per heavy atom. The molecule has 0 aromatic rings. The zero-order chi connectivity index (χ0) is 12.3. The fourth-order valence-corrected chi connectivity index (χ4v) is 3.12. The number of aliphatic hydroxyl groups excluding tert-OH is 1. The zero-order valence-corrected chi connectivity index (χ0v) is 16.3. The SMILES string of the molecule is CO[CH-]CCO.O=C1C=CC=C2[C-]=C3[SiH2]C3=C12.[Cl-].[Cl-].[Zr+4]. The summed E-state index contributed by atoms with van der Waals surface area (Å²) >= 11 is 0. The Hall–Kier alpha value is 0.230. The molecule has 20 heavy (non-hydrogen) atoms. The van der Waals surface area contributed by atoms with E-state index in [1.807, 2.05) is 12.2 Å². The second kappa shape index (κ2) is 10.9. The molecule has 1 heterocycles. The third kappa shape index (κ3) is 5.55. The molecule has 0 atom stereocenters. The molecule has 0 unspecified atom stereocenters. The van der Waals surface area contributed by atoms with Crippen LogP contribution in [0.4, 0.5) is 0 Å². The number of methoxy groups -OCH3 is 1. The van der Waals surface area contributed by atoms with Crippen molar-refractivity contribution in [1.29, 1.82) is 0 Å². The summed E-state index contributed by atoms with van der Waals surface area (Å²) in [7, 11) is 1.45. The van der Waals surface area contributed by atoms with E-state index in [0.29, 0.717) is 6.42 Å². The third-order valence-corrected chi connectivity index (χ3v) is 4.21. The molecule has 3 aliphatic rings. The van der Waals surface area contributed by atoms with Gasteiger partial charge < -0.3 is 39.5 Å². The molecule has 3 rings (SSSR count). The molecular formula is C13H14Cl2O3SiZr. The molecule has 0 amide bonds. The number of hydrogen-bond acceptors (Lipinski definition) is 3. The molecule has 0 aromatic heterocycles. The van der Waals surface area contributed by atoms with Gasteiger partial charge in [-0.05, 0) is 13.2 Å². The summed E-state index contributed by atoms with van der Waals surface area (Å²) < 4.78 is 4.50. The van der Waals surface area contributed by atoms with Crippen molar-refractivity contribution in [2.24, 2.45) is 0 Å². The van der Waals surface area contributed by atoms with Crippen LogP contribution >= 0.6 is 0 Å². The van der Waals surface area contributed by atoms with Crippen molar-refractivity contribution >= 4 is 15.3 Å². The average Bonchev–Trinajstić information content (AvgIpc) is 2.99. The number of halogens is 2. The number of ether oxygens (including phenoxy) is 1. The normalized spacial score (nSPS) is 17.4. The smallest absolute Gasteiger partial charge is 1.00 e. The molecule has 1 N–H and O–H groups in total. The van der Waals surface area contributed by atoms with Crippen LogP contribution in [0, 0.1) is 12.7 Å². The Morgan fingerprint density at radius 2 is 2.15 bits per heavy atom. The van der Waals surface area contributed by atoms with E-state index in [2.05, 4.69) is 10.8 Å². The predicted molar refractivity (Wildman–Crippen MR) is 67.6 cm³/mol. The van der Waals surface area contributed by atoms with E-state index in [4.69, 9.17) is 5.11 Å². The van der Waals surface area contributed by atoms with E-state index in [9.17, 15) is 4.79 Å². The summed E-state index contributed by atoms with van der Waals surface area (Å²) in [5, 5.41) is 10.8. The van der Waals surface area contributed by atoms with Crippen molar-refractivity contribution in [3.63, 3.8) is 0 Å². The second-order valence-electron chi connectivity index (χ2n) is 3.85. The van der Waals surface area contributed by atoms with Crippen molar-refractivity contribution in [2.45, 2.75) is 6.42 Å². The third-order valence-electron chi connectivity index (χ3n) is 2.62. The summed E-state index contributed by atoms with van der Waals surface area (Å²) in [6.07, 6.45) is 9.29. The van der Waals surface area contributed by atoms with Crippen LogP contribution in [-0.2, 0) is 35.7 Å². The summed E-state index contributed by atoms with van der Waals surface area (Å²) in [6, 6.07) is 0. The molecular weight excluding hydrogens is 394 g/mol. The zero-order valence-electron chi connectivity index (χ0n) is 11.0. The first-order valence-electron chi connectivity index (χ1n) is 5.52. The molecule has 1 fully saturated rings. The molecule has 0 saturated carbocycles. The molecule has 0 radical (unpaired) electrons. The minimum Gasteiger partial charge on any atom is -1.00 e. The van der Waals surface area contributed by atoms with Crippen molar-refractivity contribution in [3.8, 4) is 0 Å². The van der Waals surface area contributed by atoms with Gasteiger partial charge in [-0.25, -0.2) is 6.61 Å². The van der Waals surface area contributed by atoms with Gasteiger partial charge in [0.15, 0.2) is 0 Å². The van der Waals surface area contributed by atoms with Crippen LogP contribution in [-0.4, -0.2) is 34.1 Å². The van der Waals surface area contributed by atoms with E-state index in [1.165, 1.54) is 10.4 Å². The van der Waals surface area contributed by atoms with Gasteiger partial charge in [0.1, 0.15) is 5.78 Å². The minimum absolute atomic E-state index is 0. The number of aliphatic hydroxyl groups is 1. The Bertz CT molecular complexity index is 466. The standard InChI is InChI=1S/C9H5OSi.C4H9O2.2ClH.Zr/c10-6-3-1-2-5-4-7-9(11-7)8(5)6;1-6-4-2-3-5;;;/h1-3H,11H2;4-5H,2-3H2,1H3;2*1H;/q2*-1;;;+4/p-2. The first-order chi connectivity index (χ1) is 8.27. The number of carbonyl (C=O) groups excluding carboxylic acids is 1. The van der Waals surface area contributed by atoms with E-state index in [1.54, 1.807) is 19.8 Å². The summed E-state index contributed by atoms with van der Waals surface area (Å²) in [4.78, 5) is 11.3. The van der Waals surface area contributed by atoms with Gasteiger partial charge in [0.05, 0.1) is 0 Å². The Balaban J connectivity index is 0. The van der Waals surface area contributed by atoms with Gasteiger partial charge in [-0.1, -0.05) is 5.57 Å². The van der Waals surface area contributed by atoms with E-state index >= 15 is 0 Å². The summed E-state index contributed by atoms with van der Waals surface area (Å²) in [5.74, 6) is 0.185. The number of hydrogen-bond donors (Lipinski definition) is 1. The Morgan fingerprint density at radius 1 is 1.45 bits per heavy atom. The fraction of sp³-hybridized carbons (Fsp3) is 0.231.